The van der Waals surface area contributed by atoms with Crippen molar-refractivity contribution in [2.45, 2.75) is 4.90 Å². The van der Waals surface area contributed by atoms with E-state index in [1.165, 1.54) is 30.7 Å². The van der Waals surface area contributed by atoms with Crippen molar-refractivity contribution in [3.8, 4) is 0 Å². The smallest absolute Gasteiger partial charge is 0.219 e. The number of hydrogen-bond donors (Lipinski definition) is 0. The molecule has 0 amide bonds. The Morgan fingerprint density at radius 1 is 1.10 bits per heavy atom. The molecule has 0 fully saturated rings. The predicted octanol–water partition coefficient (Wildman–Crippen LogP) is 2.67. The van der Waals surface area contributed by atoms with Gasteiger partial charge in [0.15, 0.2) is 5.78 Å². The minimum absolute atomic E-state index is 0.108. The number of carbonyl (C=O) groups is 2. The van der Waals surface area contributed by atoms with Crippen LogP contribution in [0.3, 0.4) is 0 Å². The summed E-state index contributed by atoms with van der Waals surface area (Å²) in [5.41, 5.74) is 0.318. The Morgan fingerprint density at radius 2 is 1.85 bits per heavy atom. The van der Waals surface area contributed by atoms with Crippen molar-refractivity contribution >= 4 is 23.3 Å². The summed E-state index contributed by atoms with van der Waals surface area (Å²) in [4.78, 5) is 32.7. The van der Waals surface area contributed by atoms with E-state index in [1.54, 1.807) is 12.1 Å². The highest BCUT2D eigenvalue weighted by molar-refractivity contribution is 8.04. The molecule has 0 aliphatic heterocycles. The first kappa shape index (κ1) is 12.7. The average Bonchev–Trinajstić information content (AvgIpc) is 2.47. The number of aromatic nitrogens is 2. The number of hydrogen-bond acceptors (Lipinski definition) is 5. The maximum atomic E-state index is 12.8. The van der Waals surface area contributed by atoms with E-state index >= 15 is 0 Å². The monoisotopic (exact) mass is 286 g/mol. The maximum absolute atomic E-state index is 12.8. The Morgan fingerprint density at radius 3 is 2.60 bits per heavy atom. The summed E-state index contributed by atoms with van der Waals surface area (Å²) in [7, 11) is 0. The zero-order valence-corrected chi connectivity index (χ0v) is 10.9. The Balaban J connectivity index is 1.94. The molecule has 0 bridgehead atoms. The molecule has 2 aromatic rings. The van der Waals surface area contributed by atoms with Gasteiger partial charge in [-0.2, -0.15) is 0 Å². The lowest BCUT2D eigenvalue weighted by Gasteiger charge is -2.12. The van der Waals surface area contributed by atoms with Crippen LogP contribution >= 0.6 is 11.8 Å². The van der Waals surface area contributed by atoms with Gasteiger partial charge in [-0.15, -0.1) is 0 Å². The molecule has 0 spiro atoms. The van der Waals surface area contributed by atoms with Crippen molar-refractivity contribution < 1.29 is 14.0 Å². The molecule has 0 saturated heterocycles. The number of nitrogens with zero attached hydrogens (tertiary/aromatic N) is 2. The summed E-state index contributed by atoms with van der Waals surface area (Å²) >= 11 is 1.11. The van der Waals surface area contributed by atoms with Crippen LogP contribution in [-0.4, -0.2) is 21.5 Å². The maximum Gasteiger partial charge on any atom is 0.219 e. The van der Waals surface area contributed by atoms with Crippen LogP contribution in [0.5, 0.6) is 0 Å². The van der Waals surface area contributed by atoms with Gasteiger partial charge in [-0.05, 0) is 24.3 Å². The van der Waals surface area contributed by atoms with E-state index in [-0.39, 0.29) is 33.5 Å². The third-order valence-corrected chi connectivity index (χ3v) is 3.75. The Labute approximate surface area is 117 Å². The second-order valence-corrected chi connectivity index (χ2v) is 5.16. The number of carbonyl (C=O) groups excluding carboxylic acids is 2. The van der Waals surface area contributed by atoms with Crippen molar-refractivity contribution in [2.24, 2.45) is 0 Å². The molecule has 0 N–H and O–H groups in total. The lowest BCUT2D eigenvalue weighted by atomic mass is 10.0. The molecule has 98 valence electrons. The number of Topliss-reactive ketones (excluding diaryl/α,β-unsaturated/α-hetero) is 1. The van der Waals surface area contributed by atoms with Crippen molar-refractivity contribution in [1.82, 2.24) is 9.97 Å². The van der Waals surface area contributed by atoms with E-state index < -0.39 is 0 Å². The molecule has 0 radical (unpaired) electrons. The second kappa shape index (κ2) is 4.97. The van der Waals surface area contributed by atoms with Crippen molar-refractivity contribution in [3.05, 3.63) is 64.8 Å². The zero-order valence-electron chi connectivity index (χ0n) is 10.0. The molecular formula is C14H7FN2O2S. The van der Waals surface area contributed by atoms with Gasteiger partial charge in [-0.25, -0.2) is 14.4 Å². The van der Waals surface area contributed by atoms with E-state index in [9.17, 15) is 14.0 Å². The Bertz CT molecular complexity index is 741. The molecule has 1 aromatic heterocycles. The molecule has 0 unspecified atom stereocenters. The SMILES string of the molecule is O=C1C=C(Sc2ccc(F)cc2)C(=O)c2ncncc21. The highest BCUT2D eigenvalue weighted by Crippen LogP contribution is 2.32. The van der Waals surface area contributed by atoms with Crippen molar-refractivity contribution in [2.75, 3.05) is 0 Å². The third-order valence-electron chi connectivity index (χ3n) is 2.72. The van der Waals surface area contributed by atoms with E-state index in [2.05, 4.69) is 9.97 Å². The van der Waals surface area contributed by atoms with Gasteiger partial charge >= 0.3 is 0 Å². The predicted molar refractivity (Wildman–Crippen MR) is 71.0 cm³/mol. The number of ketones is 2. The molecule has 0 saturated carbocycles. The molecule has 1 aliphatic carbocycles. The van der Waals surface area contributed by atoms with Crippen LogP contribution in [0, 0.1) is 5.82 Å². The van der Waals surface area contributed by atoms with Gasteiger partial charge in [-0.1, -0.05) is 11.8 Å². The van der Waals surface area contributed by atoms with Gasteiger partial charge in [0.2, 0.25) is 5.78 Å². The van der Waals surface area contributed by atoms with Crippen LogP contribution in [0.4, 0.5) is 4.39 Å². The topological polar surface area (TPSA) is 59.9 Å². The highest BCUT2D eigenvalue weighted by atomic mass is 32.2. The standard InChI is InChI=1S/C14H7FN2O2S/c15-8-1-3-9(4-2-8)20-12-5-11(18)10-6-16-7-17-13(10)14(12)19/h1-7H. The van der Waals surface area contributed by atoms with Gasteiger partial charge < -0.3 is 0 Å². The van der Waals surface area contributed by atoms with E-state index in [1.807, 2.05) is 0 Å². The number of halogens is 1. The molecular weight excluding hydrogens is 279 g/mol. The summed E-state index contributed by atoms with van der Waals surface area (Å²) in [6.07, 6.45) is 3.83. The average molecular weight is 286 g/mol. The molecule has 1 aromatic carbocycles. The minimum Gasteiger partial charge on any atom is -0.289 e. The van der Waals surface area contributed by atoms with Crippen LogP contribution < -0.4 is 0 Å². The summed E-state index contributed by atoms with van der Waals surface area (Å²) in [6.45, 7) is 0. The molecule has 1 heterocycles. The van der Waals surface area contributed by atoms with Crippen LogP contribution in [0.25, 0.3) is 0 Å². The zero-order chi connectivity index (χ0) is 14.1. The summed E-state index contributed by atoms with van der Waals surface area (Å²) in [6, 6.07) is 5.70. The second-order valence-electron chi connectivity index (χ2n) is 4.04. The van der Waals surface area contributed by atoms with E-state index in [0.717, 1.165) is 11.8 Å². The Kier molecular flexibility index (Phi) is 3.15. The van der Waals surface area contributed by atoms with Crippen LogP contribution in [0.2, 0.25) is 0 Å². The van der Waals surface area contributed by atoms with Gasteiger partial charge in [-0.3, -0.25) is 9.59 Å². The summed E-state index contributed by atoms with van der Waals surface area (Å²) in [5.74, 6) is -0.978. The molecule has 20 heavy (non-hydrogen) atoms. The van der Waals surface area contributed by atoms with Gasteiger partial charge in [0.05, 0.1) is 10.5 Å². The van der Waals surface area contributed by atoms with Crippen molar-refractivity contribution in [3.63, 3.8) is 0 Å². The van der Waals surface area contributed by atoms with E-state index in [4.69, 9.17) is 0 Å². The largest absolute Gasteiger partial charge is 0.289 e. The third kappa shape index (κ3) is 2.25. The molecule has 0 atom stereocenters. The fourth-order valence-corrected chi connectivity index (χ4v) is 2.66. The first-order chi connectivity index (χ1) is 9.65. The van der Waals surface area contributed by atoms with E-state index in [0.29, 0.717) is 4.90 Å². The fourth-order valence-electron chi connectivity index (χ4n) is 1.78. The van der Waals surface area contributed by atoms with Crippen LogP contribution in [0.1, 0.15) is 20.8 Å². The quantitative estimate of drug-likeness (QED) is 0.849. The Hall–Kier alpha value is -2.34. The molecule has 6 heteroatoms. The lowest BCUT2D eigenvalue weighted by Crippen LogP contribution is -2.17. The fraction of sp³-hybridized carbons (Fsp3) is 0. The number of fused-ring (bicyclic) bond motifs is 1. The number of benzene rings is 1. The van der Waals surface area contributed by atoms with Gasteiger partial charge in [0.1, 0.15) is 17.8 Å². The normalized spacial score (nSPS) is 13.9. The number of thioether (sulfide) groups is 1. The van der Waals surface area contributed by atoms with Crippen LogP contribution in [0.15, 0.2) is 52.7 Å². The molecule has 3 rings (SSSR count). The lowest BCUT2D eigenvalue weighted by molar-refractivity contribution is 0.0987. The highest BCUT2D eigenvalue weighted by Gasteiger charge is 2.27. The molecule has 1 aliphatic rings. The number of rotatable bonds is 2. The molecule has 4 nitrogen and oxygen atoms in total. The summed E-state index contributed by atoms with van der Waals surface area (Å²) in [5, 5.41) is 0. The minimum atomic E-state index is -0.354. The summed E-state index contributed by atoms with van der Waals surface area (Å²) < 4.78 is 12.8. The van der Waals surface area contributed by atoms with Gasteiger partial charge in [0, 0.05) is 17.2 Å². The van der Waals surface area contributed by atoms with Crippen LogP contribution in [-0.2, 0) is 0 Å². The van der Waals surface area contributed by atoms with Gasteiger partial charge in [0.25, 0.3) is 0 Å². The number of allylic oxidation sites excluding steroid dienone is 2. The first-order valence-corrected chi connectivity index (χ1v) is 6.51. The van der Waals surface area contributed by atoms with Crippen molar-refractivity contribution in [1.29, 1.82) is 0 Å². The first-order valence-electron chi connectivity index (χ1n) is 5.69.